The zero-order valence-electron chi connectivity index (χ0n) is 17.1. The van der Waals surface area contributed by atoms with Gasteiger partial charge in [0, 0.05) is 31.7 Å². The summed E-state index contributed by atoms with van der Waals surface area (Å²) >= 11 is 0. The molecule has 4 rings (SSSR count). The molecule has 1 amide bonds. The number of hydrogen-bond donors (Lipinski definition) is 1. The van der Waals surface area contributed by atoms with E-state index in [9.17, 15) is 9.59 Å². The van der Waals surface area contributed by atoms with Crippen LogP contribution in [-0.4, -0.2) is 56.3 Å². The molecule has 1 aromatic carbocycles. The maximum absolute atomic E-state index is 12.5. The van der Waals surface area contributed by atoms with Crippen molar-refractivity contribution in [3.05, 3.63) is 39.2 Å². The lowest BCUT2D eigenvalue weighted by atomic mass is 10.0. The highest BCUT2D eigenvalue weighted by Crippen LogP contribution is 2.35. The molecule has 2 heterocycles. The fourth-order valence-electron chi connectivity index (χ4n) is 4.15. The van der Waals surface area contributed by atoms with E-state index in [2.05, 4.69) is 10.2 Å². The second kappa shape index (κ2) is 8.55. The molecule has 2 aliphatic rings. The van der Waals surface area contributed by atoms with Gasteiger partial charge in [0.15, 0.2) is 6.10 Å². The van der Waals surface area contributed by atoms with Crippen LogP contribution in [0.4, 0.5) is 0 Å². The first kappa shape index (κ1) is 19.9. The van der Waals surface area contributed by atoms with E-state index in [0.29, 0.717) is 17.9 Å². The van der Waals surface area contributed by atoms with Crippen molar-refractivity contribution in [1.82, 2.24) is 10.2 Å². The summed E-state index contributed by atoms with van der Waals surface area (Å²) < 4.78 is 17.0. The van der Waals surface area contributed by atoms with Crippen LogP contribution in [-0.2, 0) is 22.4 Å². The van der Waals surface area contributed by atoms with Gasteiger partial charge in [-0.15, -0.1) is 0 Å². The highest BCUT2D eigenvalue weighted by Gasteiger charge is 2.24. The Kier molecular flexibility index (Phi) is 5.87. The molecule has 2 aromatic rings. The Morgan fingerprint density at radius 1 is 1.24 bits per heavy atom. The molecule has 0 saturated carbocycles. The molecule has 1 aromatic heterocycles. The van der Waals surface area contributed by atoms with E-state index in [1.807, 2.05) is 19.1 Å². The summed E-state index contributed by atoms with van der Waals surface area (Å²) in [5.74, 6) is 0.458. The van der Waals surface area contributed by atoms with Crippen molar-refractivity contribution in [3.8, 4) is 5.75 Å². The van der Waals surface area contributed by atoms with Gasteiger partial charge >= 0.3 is 5.63 Å². The lowest BCUT2D eigenvalue weighted by molar-refractivity contribution is -0.127. The molecule has 7 nitrogen and oxygen atoms in total. The highest BCUT2D eigenvalue weighted by molar-refractivity contribution is 5.89. The number of carbonyl (C=O) groups excluding carboxylic acids is 1. The molecule has 1 saturated heterocycles. The summed E-state index contributed by atoms with van der Waals surface area (Å²) in [4.78, 5) is 27.1. The van der Waals surface area contributed by atoms with Crippen LogP contribution in [0.1, 0.15) is 30.0 Å². The monoisotopic (exact) mass is 400 g/mol. The van der Waals surface area contributed by atoms with E-state index in [1.54, 1.807) is 6.92 Å². The van der Waals surface area contributed by atoms with Gasteiger partial charge in [-0.25, -0.2) is 4.79 Å². The first-order chi connectivity index (χ1) is 14.0. The van der Waals surface area contributed by atoms with Crippen molar-refractivity contribution in [1.29, 1.82) is 0 Å². The van der Waals surface area contributed by atoms with Crippen LogP contribution in [0.15, 0.2) is 21.3 Å². The van der Waals surface area contributed by atoms with E-state index < -0.39 is 6.10 Å². The molecule has 1 aliphatic carbocycles. The second-order valence-electron chi connectivity index (χ2n) is 7.84. The Morgan fingerprint density at radius 2 is 2.00 bits per heavy atom. The molecule has 29 heavy (non-hydrogen) atoms. The van der Waals surface area contributed by atoms with Crippen LogP contribution >= 0.6 is 0 Å². The third kappa shape index (κ3) is 4.31. The third-order valence-corrected chi connectivity index (χ3v) is 5.68. The number of aryl methyl sites for hydroxylation is 2. The lowest BCUT2D eigenvalue weighted by Crippen LogP contribution is -2.43. The normalized spacial score (nSPS) is 17.9. The van der Waals surface area contributed by atoms with Crippen molar-refractivity contribution in [2.75, 3.05) is 39.4 Å². The van der Waals surface area contributed by atoms with Crippen LogP contribution in [0.25, 0.3) is 11.0 Å². The summed E-state index contributed by atoms with van der Waals surface area (Å²) in [6.07, 6.45) is 1.85. The summed E-state index contributed by atoms with van der Waals surface area (Å²) in [5.41, 5.74) is 2.95. The summed E-state index contributed by atoms with van der Waals surface area (Å²) in [5, 5.41) is 3.78. The fraction of sp³-hybridized carbons (Fsp3) is 0.545. The minimum absolute atomic E-state index is 0.151. The number of carbonyl (C=O) groups is 1. The molecule has 0 bridgehead atoms. The van der Waals surface area contributed by atoms with E-state index in [4.69, 9.17) is 13.9 Å². The number of hydrogen-bond acceptors (Lipinski definition) is 6. The first-order valence-electron chi connectivity index (χ1n) is 10.4. The van der Waals surface area contributed by atoms with Crippen molar-refractivity contribution in [3.63, 3.8) is 0 Å². The van der Waals surface area contributed by atoms with E-state index in [1.165, 1.54) is 0 Å². The van der Waals surface area contributed by atoms with Gasteiger partial charge in [-0.3, -0.25) is 9.69 Å². The maximum Gasteiger partial charge on any atom is 0.339 e. The number of benzene rings is 1. The van der Waals surface area contributed by atoms with E-state index in [0.717, 1.165) is 74.2 Å². The minimum Gasteiger partial charge on any atom is -0.480 e. The second-order valence-corrected chi connectivity index (χ2v) is 7.84. The topological polar surface area (TPSA) is 81.0 Å². The number of ether oxygens (including phenoxy) is 2. The van der Waals surface area contributed by atoms with Gasteiger partial charge in [-0.2, -0.15) is 0 Å². The average molecular weight is 400 g/mol. The first-order valence-corrected chi connectivity index (χ1v) is 10.4. The van der Waals surface area contributed by atoms with Crippen LogP contribution in [0.2, 0.25) is 0 Å². The Hall–Kier alpha value is -2.38. The molecule has 1 atom stereocenters. The molecule has 1 N–H and O–H groups in total. The average Bonchev–Trinajstić information content (AvgIpc) is 3.18. The third-order valence-electron chi connectivity index (χ3n) is 5.68. The van der Waals surface area contributed by atoms with Gasteiger partial charge in [-0.05, 0) is 56.4 Å². The summed E-state index contributed by atoms with van der Waals surface area (Å²) in [6, 6.07) is 3.77. The summed E-state index contributed by atoms with van der Waals surface area (Å²) in [7, 11) is 0. The van der Waals surface area contributed by atoms with Crippen LogP contribution in [0.3, 0.4) is 0 Å². The number of amides is 1. The summed E-state index contributed by atoms with van der Waals surface area (Å²) in [6.45, 7) is 8.33. The van der Waals surface area contributed by atoms with Crippen molar-refractivity contribution in [2.45, 2.75) is 39.2 Å². The Morgan fingerprint density at radius 3 is 2.79 bits per heavy atom. The molecule has 7 heteroatoms. The SMILES string of the molecule is Cc1cc(O[C@H](C)C(=O)NCCN2CCOCC2)c2c3c(c(=O)oc2c1)CCC3. The molecule has 1 aliphatic heterocycles. The van der Waals surface area contributed by atoms with Crippen LogP contribution in [0, 0.1) is 6.92 Å². The quantitative estimate of drug-likeness (QED) is 0.745. The number of morpholine rings is 1. The van der Waals surface area contributed by atoms with E-state index >= 15 is 0 Å². The number of nitrogens with one attached hydrogen (secondary N) is 1. The lowest BCUT2D eigenvalue weighted by Gasteiger charge is -2.26. The Labute approximate surface area is 170 Å². The van der Waals surface area contributed by atoms with Crippen molar-refractivity contribution in [2.24, 2.45) is 0 Å². The Bertz CT molecular complexity index is 962. The molecule has 0 unspecified atom stereocenters. The van der Waals surface area contributed by atoms with Crippen molar-refractivity contribution >= 4 is 16.9 Å². The van der Waals surface area contributed by atoms with Gasteiger partial charge in [0.2, 0.25) is 0 Å². The molecule has 1 fully saturated rings. The fourth-order valence-corrected chi connectivity index (χ4v) is 4.15. The Balaban J connectivity index is 1.47. The highest BCUT2D eigenvalue weighted by atomic mass is 16.5. The maximum atomic E-state index is 12.5. The van der Waals surface area contributed by atoms with E-state index in [-0.39, 0.29) is 11.5 Å². The van der Waals surface area contributed by atoms with Gasteiger partial charge in [0.1, 0.15) is 11.3 Å². The zero-order chi connectivity index (χ0) is 20.4. The molecular weight excluding hydrogens is 372 g/mol. The predicted molar refractivity (Wildman–Crippen MR) is 110 cm³/mol. The van der Waals surface area contributed by atoms with Crippen molar-refractivity contribution < 1.29 is 18.7 Å². The standard InChI is InChI=1S/C22H28N2O5/c1-14-12-18(20-16-4-3-5-17(16)22(26)29-19(20)13-14)28-15(2)21(25)23-6-7-24-8-10-27-11-9-24/h12-13,15H,3-11H2,1-2H3,(H,23,25)/t15-/m1/s1. The minimum atomic E-state index is -0.645. The van der Waals surface area contributed by atoms with Gasteiger partial charge in [0.25, 0.3) is 5.91 Å². The molecule has 0 spiro atoms. The van der Waals surface area contributed by atoms with Gasteiger partial charge in [-0.1, -0.05) is 0 Å². The molecular formula is C22H28N2O5. The number of rotatable bonds is 6. The number of fused-ring (bicyclic) bond motifs is 3. The van der Waals surface area contributed by atoms with Crippen LogP contribution in [0.5, 0.6) is 5.75 Å². The smallest absolute Gasteiger partial charge is 0.339 e. The van der Waals surface area contributed by atoms with Crippen LogP contribution < -0.4 is 15.7 Å². The van der Waals surface area contributed by atoms with Gasteiger partial charge < -0.3 is 19.2 Å². The molecule has 156 valence electrons. The number of nitrogens with zero attached hydrogens (tertiary/aromatic N) is 1. The predicted octanol–water partition coefficient (Wildman–Crippen LogP) is 1.81. The zero-order valence-corrected chi connectivity index (χ0v) is 17.1. The largest absolute Gasteiger partial charge is 0.480 e. The molecule has 0 radical (unpaired) electrons. The van der Waals surface area contributed by atoms with Gasteiger partial charge in [0.05, 0.1) is 18.6 Å².